The predicted octanol–water partition coefficient (Wildman–Crippen LogP) is 5.52. The largest absolute Gasteiger partial charge is 0.490 e. The van der Waals surface area contributed by atoms with E-state index >= 15 is 0 Å². The van der Waals surface area contributed by atoms with E-state index in [2.05, 4.69) is 33.9 Å². The quantitative estimate of drug-likeness (QED) is 0.422. The molecule has 206 valence electrons. The number of benzene rings is 2. The number of piperazine rings is 1. The van der Waals surface area contributed by atoms with Crippen molar-refractivity contribution in [3.05, 3.63) is 100 Å². The molecule has 2 aliphatic rings. The summed E-state index contributed by atoms with van der Waals surface area (Å²) in [7, 11) is 0. The molecule has 1 N–H and O–H groups in total. The number of rotatable bonds is 7. The zero-order valence-electron chi connectivity index (χ0n) is 22.8. The molecule has 8 nitrogen and oxygen atoms in total. The van der Waals surface area contributed by atoms with Gasteiger partial charge >= 0.3 is 6.03 Å². The fraction of sp³-hybridized carbons (Fsp3) is 0.290. The first-order chi connectivity index (χ1) is 19.2. The summed E-state index contributed by atoms with van der Waals surface area (Å²) in [4.78, 5) is 34.8. The maximum atomic E-state index is 14.3. The van der Waals surface area contributed by atoms with Crippen molar-refractivity contribution in [3.8, 4) is 11.8 Å². The summed E-state index contributed by atoms with van der Waals surface area (Å²) in [6, 6.07) is 13.7. The Morgan fingerprint density at radius 1 is 1.25 bits per heavy atom. The Labute approximate surface area is 243 Å². The number of urea groups is 1. The van der Waals surface area contributed by atoms with Gasteiger partial charge in [-0.15, -0.1) is 0 Å². The highest BCUT2D eigenvalue weighted by molar-refractivity contribution is 9.10. The molecule has 2 aromatic carbocycles. The van der Waals surface area contributed by atoms with Crippen LogP contribution in [0.15, 0.2) is 88.4 Å². The van der Waals surface area contributed by atoms with Gasteiger partial charge < -0.3 is 15.0 Å². The van der Waals surface area contributed by atoms with Gasteiger partial charge in [0.05, 0.1) is 29.3 Å². The van der Waals surface area contributed by atoms with Crippen molar-refractivity contribution >= 4 is 33.7 Å². The Hall–Kier alpha value is -4.16. The molecule has 9 heteroatoms. The van der Waals surface area contributed by atoms with Crippen molar-refractivity contribution < 1.29 is 14.3 Å². The number of halogens is 1. The molecule has 3 amide bonds. The average molecular weight is 603 g/mol. The van der Waals surface area contributed by atoms with E-state index in [1.165, 1.54) is 4.90 Å². The number of nitrogens with zero attached hydrogens (tertiary/aromatic N) is 4. The standard InChI is InChI=1S/C31H32BrN5O3/c1-5-6-7-8-21(4)29-28(23-10-12-24(32)13-11-23)35-30(37(29)31(39)36-16-15-34-27(38)19-36)25-14-9-22(18-33)17-26(25)40-20(2)3/h5-14,17,20,28-29H,4,15-16,19H2,1-3H3,(H,34,38)/b6-5-,8-7-/t28-,29+/m0/s1. The molecule has 4 rings (SSSR count). The molecule has 0 aromatic heterocycles. The fourth-order valence-electron chi connectivity index (χ4n) is 4.70. The molecule has 0 saturated carbocycles. The first-order valence-electron chi connectivity index (χ1n) is 13.1. The number of amidine groups is 1. The molecule has 0 unspecified atom stereocenters. The van der Waals surface area contributed by atoms with Gasteiger partial charge in [-0.1, -0.05) is 58.9 Å². The molecule has 1 saturated heterocycles. The lowest BCUT2D eigenvalue weighted by Gasteiger charge is -2.36. The lowest BCUT2D eigenvalue weighted by molar-refractivity contribution is -0.123. The topological polar surface area (TPSA) is 98.0 Å². The van der Waals surface area contributed by atoms with Crippen LogP contribution in [-0.4, -0.2) is 59.4 Å². The van der Waals surface area contributed by atoms with E-state index in [0.29, 0.717) is 41.4 Å². The van der Waals surface area contributed by atoms with Gasteiger partial charge in [0.2, 0.25) is 5.91 Å². The first-order valence-corrected chi connectivity index (χ1v) is 13.9. The first kappa shape index (κ1) is 28.8. The van der Waals surface area contributed by atoms with E-state index in [9.17, 15) is 14.9 Å². The van der Waals surface area contributed by atoms with Crippen LogP contribution in [0.5, 0.6) is 5.75 Å². The second-order valence-electron chi connectivity index (χ2n) is 9.77. The van der Waals surface area contributed by atoms with Crippen molar-refractivity contribution in [2.75, 3.05) is 19.6 Å². The van der Waals surface area contributed by atoms with Crippen molar-refractivity contribution in [2.24, 2.45) is 4.99 Å². The van der Waals surface area contributed by atoms with Crippen molar-refractivity contribution in [1.29, 1.82) is 5.26 Å². The Morgan fingerprint density at radius 2 is 2.00 bits per heavy atom. The third-order valence-corrected chi connectivity index (χ3v) is 7.03. The van der Waals surface area contributed by atoms with Crippen LogP contribution < -0.4 is 10.1 Å². The summed E-state index contributed by atoms with van der Waals surface area (Å²) in [6.45, 7) is 10.8. The van der Waals surface area contributed by atoms with Crippen LogP contribution in [0.4, 0.5) is 4.79 Å². The second kappa shape index (κ2) is 12.8. The molecular weight excluding hydrogens is 570 g/mol. The Balaban J connectivity index is 1.92. The highest BCUT2D eigenvalue weighted by Gasteiger charge is 2.45. The van der Waals surface area contributed by atoms with Gasteiger partial charge in [0.1, 0.15) is 24.2 Å². The SMILES string of the molecule is C=C(/C=C\C=C/C)[C@@H]1[C@H](c2ccc(Br)cc2)N=C(c2ccc(C#N)cc2OC(C)C)N1C(=O)N1CCNC(=O)C1. The van der Waals surface area contributed by atoms with Crippen LogP contribution in [0.25, 0.3) is 0 Å². The van der Waals surface area contributed by atoms with E-state index < -0.39 is 12.1 Å². The Bertz CT molecular complexity index is 1420. The number of amides is 3. The number of aliphatic imine (C=N–C) groups is 1. The van der Waals surface area contributed by atoms with Gasteiger partial charge in [0, 0.05) is 17.6 Å². The number of carbonyl (C=O) groups is 2. The number of allylic oxidation sites excluding steroid dienone is 3. The molecule has 0 aliphatic carbocycles. The summed E-state index contributed by atoms with van der Waals surface area (Å²) in [5.74, 6) is 0.634. The van der Waals surface area contributed by atoms with E-state index in [-0.39, 0.29) is 24.6 Å². The number of ether oxygens (including phenoxy) is 1. The zero-order valence-corrected chi connectivity index (χ0v) is 24.4. The van der Waals surface area contributed by atoms with Gasteiger partial charge in [-0.25, -0.2) is 4.79 Å². The van der Waals surface area contributed by atoms with E-state index in [1.54, 1.807) is 23.1 Å². The summed E-state index contributed by atoms with van der Waals surface area (Å²) >= 11 is 3.50. The zero-order chi connectivity index (χ0) is 28.8. The van der Waals surface area contributed by atoms with E-state index in [1.807, 2.05) is 69.3 Å². The van der Waals surface area contributed by atoms with Gasteiger partial charge in [0.25, 0.3) is 0 Å². The minimum atomic E-state index is -0.572. The van der Waals surface area contributed by atoms with Gasteiger partial charge in [-0.05, 0) is 62.2 Å². The van der Waals surface area contributed by atoms with Crippen molar-refractivity contribution in [1.82, 2.24) is 15.1 Å². The molecule has 1 fully saturated rings. The van der Waals surface area contributed by atoms with Crippen molar-refractivity contribution in [2.45, 2.75) is 39.0 Å². The highest BCUT2D eigenvalue weighted by atomic mass is 79.9. The fourth-order valence-corrected chi connectivity index (χ4v) is 4.97. The molecule has 0 bridgehead atoms. The molecule has 2 atom stereocenters. The van der Waals surface area contributed by atoms with Crippen LogP contribution in [0.2, 0.25) is 0 Å². The lowest BCUT2D eigenvalue weighted by atomic mass is 9.94. The molecular formula is C31H32BrN5O3. The second-order valence-corrected chi connectivity index (χ2v) is 10.7. The molecule has 40 heavy (non-hydrogen) atoms. The lowest BCUT2D eigenvalue weighted by Crippen LogP contribution is -2.56. The minimum Gasteiger partial charge on any atom is -0.490 e. The number of hydrogen-bond acceptors (Lipinski definition) is 5. The summed E-state index contributed by atoms with van der Waals surface area (Å²) in [6.07, 6.45) is 7.38. The van der Waals surface area contributed by atoms with Gasteiger partial charge in [0.15, 0.2) is 0 Å². The van der Waals surface area contributed by atoms with Crippen LogP contribution in [0, 0.1) is 11.3 Å². The number of nitrogens with one attached hydrogen (secondary N) is 1. The molecule has 0 radical (unpaired) electrons. The molecule has 2 aliphatic heterocycles. The molecule has 2 heterocycles. The normalized spacial score (nSPS) is 19.2. The Kier molecular flexibility index (Phi) is 9.22. The predicted molar refractivity (Wildman–Crippen MR) is 159 cm³/mol. The van der Waals surface area contributed by atoms with Crippen LogP contribution >= 0.6 is 15.9 Å². The number of hydrogen-bond donors (Lipinski definition) is 1. The van der Waals surface area contributed by atoms with E-state index in [4.69, 9.17) is 9.73 Å². The van der Waals surface area contributed by atoms with Crippen LogP contribution in [0.3, 0.4) is 0 Å². The third kappa shape index (κ3) is 6.35. The maximum Gasteiger partial charge on any atom is 0.326 e. The molecule has 0 spiro atoms. The third-order valence-electron chi connectivity index (χ3n) is 6.50. The Morgan fingerprint density at radius 3 is 2.65 bits per heavy atom. The highest BCUT2D eigenvalue weighted by Crippen LogP contribution is 2.40. The van der Waals surface area contributed by atoms with Gasteiger partial charge in [-0.2, -0.15) is 5.26 Å². The number of carbonyl (C=O) groups excluding carboxylic acids is 2. The van der Waals surface area contributed by atoms with Gasteiger partial charge in [-0.3, -0.25) is 14.7 Å². The number of nitriles is 1. The summed E-state index contributed by atoms with van der Waals surface area (Å²) in [5, 5.41) is 12.3. The van der Waals surface area contributed by atoms with E-state index in [0.717, 1.165) is 10.0 Å². The smallest absolute Gasteiger partial charge is 0.326 e. The summed E-state index contributed by atoms with van der Waals surface area (Å²) in [5.41, 5.74) is 2.60. The monoisotopic (exact) mass is 601 g/mol. The summed E-state index contributed by atoms with van der Waals surface area (Å²) < 4.78 is 7.05. The minimum absolute atomic E-state index is 0.0537. The molecule has 2 aromatic rings. The van der Waals surface area contributed by atoms with Crippen molar-refractivity contribution in [3.63, 3.8) is 0 Å². The maximum absolute atomic E-state index is 14.3. The van der Waals surface area contributed by atoms with Crippen LogP contribution in [0.1, 0.15) is 43.5 Å². The van der Waals surface area contributed by atoms with Crippen LogP contribution in [-0.2, 0) is 4.79 Å². The average Bonchev–Trinajstić information content (AvgIpc) is 3.33.